The van der Waals surface area contributed by atoms with Crippen LogP contribution in [0.1, 0.15) is 20.3 Å². The Labute approximate surface area is 166 Å². The average molecular weight is 385 g/mol. The van der Waals surface area contributed by atoms with Crippen molar-refractivity contribution in [2.24, 2.45) is 0 Å². The molecule has 1 aliphatic rings. The van der Waals surface area contributed by atoms with Gasteiger partial charge >= 0.3 is 0 Å². The Balaban J connectivity index is 1.39. The summed E-state index contributed by atoms with van der Waals surface area (Å²) in [5.41, 5.74) is 1.98. The van der Waals surface area contributed by atoms with E-state index in [4.69, 9.17) is 4.74 Å². The van der Waals surface area contributed by atoms with Crippen LogP contribution in [-0.4, -0.2) is 49.6 Å². The van der Waals surface area contributed by atoms with Gasteiger partial charge in [-0.15, -0.1) is 0 Å². The van der Waals surface area contributed by atoms with Crippen molar-refractivity contribution in [3.8, 4) is 5.75 Å². The number of halogens is 1. The maximum Gasteiger partial charge on any atom is 0.224 e. The molecule has 1 aliphatic heterocycles. The van der Waals surface area contributed by atoms with Gasteiger partial charge in [-0.3, -0.25) is 4.79 Å². The summed E-state index contributed by atoms with van der Waals surface area (Å²) in [4.78, 5) is 16.5. The number of hydrogen-bond acceptors (Lipinski definition) is 4. The molecule has 1 heterocycles. The van der Waals surface area contributed by atoms with E-state index < -0.39 is 0 Å². The summed E-state index contributed by atoms with van der Waals surface area (Å²) < 4.78 is 18.7. The molecule has 0 unspecified atom stereocenters. The second kappa shape index (κ2) is 9.44. The van der Waals surface area contributed by atoms with Crippen LogP contribution in [-0.2, 0) is 4.79 Å². The van der Waals surface area contributed by atoms with Crippen molar-refractivity contribution < 1.29 is 13.9 Å². The lowest BCUT2D eigenvalue weighted by Crippen LogP contribution is -2.49. The van der Waals surface area contributed by atoms with Crippen molar-refractivity contribution in [2.75, 3.05) is 42.9 Å². The van der Waals surface area contributed by atoms with Gasteiger partial charge in [-0.25, -0.2) is 4.39 Å². The van der Waals surface area contributed by atoms with E-state index in [9.17, 15) is 9.18 Å². The molecule has 0 bridgehead atoms. The van der Waals surface area contributed by atoms with Gasteiger partial charge in [0, 0.05) is 50.5 Å². The smallest absolute Gasteiger partial charge is 0.224 e. The van der Waals surface area contributed by atoms with E-state index in [0.717, 1.165) is 30.2 Å². The van der Waals surface area contributed by atoms with E-state index in [0.29, 0.717) is 26.1 Å². The number of rotatable bonds is 7. The molecule has 0 aromatic heterocycles. The van der Waals surface area contributed by atoms with E-state index in [2.05, 4.69) is 10.2 Å². The number of hydrogen-bond donors (Lipinski definition) is 1. The number of amides is 1. The monoisotopic (exact) mass is 385 g/mol. The van der Waals surface area contributed by atoms with Crippen LogP contribution in [0.2, 0.25) is 0 Å². The second-order valence-electron chi connectivity index (χ2n) is 7.21. The molecule has 2 aromatic carbocycles. The SMILES string of the molecule is CC(C)Oc1ccc(NCCC(=O)N2CCN(c3ccc(F)cc3)CC2)cc1. The summed E-state index contributed by atoms with van der Waals surface area (Å²) in [6.07, 6.45) is 0.612. The Morgan fingerprint density at radius 3 is 2.29 bits per heavy atom. The Morgan fingerprint density at radius 1 is 1.04 bits per heavy atom. The van der Waals surface area contributed by atoms with Crippen molar-refractivity contribution >= 4 is 17.3 Å². The van der Waals surface area contributed by atoms with Gasteiger partial charge in [0.25, 0.3) is 0 Å². The van der Waals surface area contributed by atoms with Crippen LogP contribution in [0, 0.1) is 5.82 Å². The van der Waals surface area contributed by atoms with Crippen molar-refractivity contribution in [1.82, 2.24) is 4.90 Å². The zero-order chi connectivity index (χ0) is 19.9. The molecule has 5 nitrogen and oxygen atoms in total. The molecule has 1 fully saturated rings. The Bertz CT molecular complexity index is 754. The van der Waals surface area contributed by atoms with Crippen LogP contribution in [0.4, 0.5) is 15.8 Å². The molecule has 1 amide bonds. The number of nitrogens with zero attached hydrogens (tertiary/aromatic N) is 2. The van der Waals surface area contributed by atoms with Crippen LogP contribution in [0.15, 0.2) is 48.5 Å². The van der Waals surface area contributed by atoms with Gasteiger partial charge in [-0.05, 0) is 62.4 Å². The largest absolute Gasteiger partial charge is 0.491 e. The van der Waals surface area contributed by atoms with Crippen molar-refractivity contribution in [2.45, 2.75) is 26.4 Å². The highest BCUT2D eigenvalue weighted by Crippen LogP contribution is 2.18. The molecule has 150 valence electrons. The summed E-state index contributed by atoms with van der Waals surface area (Å²) in [5.74, 6) is 0.772. The maximum atomic E-state index is 13.0. The van der Waals surface area contributed by atoms with E-state index in [-0.39, 0.29) is 17.8 Å². The number of carbonyl (C=O) groups is 1. The van der Waals surface area contributed by atoms with Gasteiger partial charge in [-0.1, -0.05) is 0 Å². The van der Waals surface area contributed by atoms with Crippen molar-refractivity contribution in [1.29, 1.82) is 0 Å². The first-order valence-corrected chi connectivity index (χ1v) is 9.80. The zero-order valence-corrected chi connectivity index (χ0v) is 16.5. The van der Waals surface area contributed by atoms with E-state index in [1.165, 1.54) is 12.1 Å². The molecular weight excluding hydrogens is 357 g/mol. The van der Waals surface area contributed by atoms with Gasteiger partial charge < -0.3 is 19.9 Å². The first-order valence-electron chi connectivity index (χ1n) is 9.80. The lowest BCUT2D eigenvalue weighted by Gasteiger charge is -2.36. The predicted molar refractivity (Wildman–Crippen MR) is 111 cm³/mol. The standard InChI is InChI=1S/C22H28FN3O2/c1-17(2)28-21-9-5-19(6-10-21)24-12-11-22(27)26-15-13-25(14-16-26)20-7-3-18(23)4-8-20/h3-10,17,24H,11-16H2,1-2H3. The van der Waals surface area contributed by atoms with Crippen molar-refractivity contribution in [3.05, 3.63) is 54.3 Å². The Kier molecular flexibility index (Phi) is 6.74. The van der Waals surface area contributed by atoms with Crippen LogP contribution < -0.4 is 15.0 Å². The summed E-state index contributed by atoms with van der Waals surface area (Å²) in [5, 5.41) is 3.29. The van der Waals surface area contributed by atoms with Crippen LogP contribution in [0.3, 0.4) is 0 Å². The number of ether oxygens (including phenoxy) is 1. The highest BCUT2D eigenvalue weighted by atomic mass is 19.1. The summed E-state index contributed by atoms with van der Waals surface area (Å²) in [7, 11) is 0. The Morgan fingerprint density at radius 2 is 1.68 bits per heavy atom. The molecule has 0 aliphatic carbocycles. The quantitative estimate of drug-likeness (QED) is 0.788. The molecule has 0 spiro atoms. The van der Waals surface area contributed by atoms with Gasteiger partial charge in [-0.2, -0.15) is 0 Å². The minimum atomic E-state index is -0.229. The molecular formula is C22H28FN3O2. The van der Waals surface area contributed by atoms with Crippen LogP contribution in [0.25, 0.3) is 0 Å². The lowest BCUT2D eigenvalue weighted by atomic mass is 10.2. The molecule has 6 heteroatoms. The number of anilines is 2. The van der Waals surface area contributed by atoms with Gasteiger partial charge in [0.2, 0.25) is 5.91 Å². The molecule has 0 saturated carbocycles. The second-order valence-corrected chi connectivity index (χ2v) is 7.21. The van der Waals surface area contributed by atoms with Crippen LogP contribution in [0.5, 0.6) is 5.75 Å². The predicted octanol–water partition coefficient (Wildman–Crippen LogP) is 3.76. The normalized spacial score (nSPS) is 14.3. The Hall–Kier alpha value is -2.76. The fraction of sp³-hybridized carbons (Fsp3) is 0.409. The fourth-order valence-electron chi connectivity index (χ4n) is 3.26. The van der Waals surface area contributed by atoms with Crippen molar-refractivity contribution in [3.63, 3.8) is 0 Å². The molecule has 3 rings (SSSR count). The molecule has 0 atom stereocenters. The third kappa shape index (κ3) is 5.62. The molecule has 2 aromatic rings. The summed E-state index contributed by atoms with van der Waals surface area (Å²) in [6.45, 7) is 7.51. The van der Waals surface area contributed by atoms with Gasteiger partial charge in [0.05, 0.1) is 6.10 Å². The van der Waals surface area contributed by atoms with E-state index in [1.807, 2.05) is 43.0 Å². The first kappa shape index (κ1) is 20.0. The highest BCUT2D eigenvalue weighted by molar-refractivity contribution is 5.77. The van der Waals surface area contributed by atoms with Gasteiger partial charge in [0.1, 0.15) is 11.6 Å². The first-order chi connectivity index (χ1) is 13.5. The van der Waals surface area contributed by atoms with Gasteiger partial charge in [0.15, 0.2) is 0 Å². The summed E-state index contributed by atoms with van der Waals surface area (Å²) in [6, 6.07) is 14.3. The molecule has 1 N–H and O–H groups in total. The fourth-order valence-corrected chi connectivity index (χ4v) is 3.26. The number of carbonyl (C=O) groups excluding carboxylic acids is 1. The van der Waals surface area contributed by atoms with E-state index >= 15 is 0 Å². The third-order valence-electron chi connectivity index (χ3n) is 4.72. The van der Waals surface area contributed by atoms with E-state index in [1.54, 1.807) is 12.1 Å². The lowest BCUT2D eigenvalue weighted by molar-refractivity contribution is -0.131. The maximum absolute atomic E-state index is 13.0. The van der Waals surface area contributed by atoms with Crippen LogP contribution >= 0.6 is 0 Å². The minimum Gasteiger partial charge on any atom is -0.491 e. The topological polar surface area (TPSA) is 44.8 Å². The number of benzene rings is 2. The number of nitrogens with one attached hydrogen (secondary N) is 1. The average Bonchev–Trinajstić information content (AvgIpc) is 2.69. The number of piperazine rings is 1. The molecule has 0 radical (unpaired) electrons. The minimum absolute atomic E-state index is 0.153. The molecule has 1 saturated heterocycles. The highest BCUT2D eigenvalue weighted by Gasteiger charge is 2.20. The summed E-state index contributed by atoms with van der Waals surface area (Å²) >= 11 is 0. The zero-order valence-electron chi connectivity index (χ0n) is 16.5. The third-order valence-corrected chi connectivity index (χ3v) is 4.72. The molecule has 28 heavy (non-hydrogen) atoms.